The Morgan fingerprint density at radius 1 is 1.20 bits per heavy atom. The van der Waals surface area contributed by atoms with Gasteiger partial charge in [0.15, 0.2) is 0 Å². The lowest BCUT2D eigenvalue weighted by Crippen LogP contribution is -2.64. The van der Waals surface area contributed by atoms with Crippen molar-refractivity contribution in [1.82, 2.24) is 9.80 Å². The van der Waals surface area contributed by atoms with E-state index in [1.54, 1.807) is 0 Å². The number of rotatable bonds is 3. The molecule has 116 valence electrons. The first-order chi connectivity index (χ1) is 9.35. The van der Waals surface area contributed by atoms with Gasteiger partial charge in [-0.15, -0.1) is 0 Å². The van der Waals surface area contributed by atoms with Crippen LogP contribution < -0.4 is 5.73 Å². The second-order valence-corrected chi connectivity index (χ2v) is 7.95. The van der Waals surface area contributed by atoms with Gasteiger partial charge < -0.3 is 10.5 Å². The second kappa shape index (κ2) is 4.94. The quantitative estimate of drug-likeness (QED) is 0.850. The number of morpholine rings is 1. The van der Waals surface area contributed by atoms with Gasteiger partial charge >= 0.3 is 0 Å². The molecule has 3 rings (SSSR count). The highest BCUT2D eigenvalue weighted by Gasteiger charge is 2.51. The Hall–Kier alpha value is -0.160. The molecule has 1 saturated carbocycles. The number of hydrogen-bond donors (Lipinski definition) is 1. The molecule has 3 aliphatic rings. The van der Waals surface area contributed by atoms with Gasteiger partial charge in [0.25, 0.3) is 0 Å². The minimum Gasteiger partial charge on any atom is -0.370 e. The van der Waals surface area contributed by atoms with E-state index in [4.69, 9.17) is 10.5 Å². The third kappa shape index (κ3) is 2.63. The van der Waals surface area contributed by atoms with Gasteiger partial charge in [-0.1, -0.05) is 0 Å². The van der Waals surface area contributed by atoms with Gasteiger partial charge in [0, 0.05) is 43.8 Å². The van der Waals surface area contributed by atoms with Crippen molar-refractivity contribution in [3.8, 4) is 0 Å². The van der Waals surface area contributed by atoms with Crippen LogP contribution in [0, 0.1) is 0 Å². The number of nitrogens with zero attached hydrogens (tertiary/aromatic N) is 2. The van der Waals surface area contributed by atoms with Crippen molar-refractivity contribution in [1.29, 1.82) is 0 Å². The van der Waals surface area contributed by atoms with Crippen LogP contribution in [0.1, 0.15) is 47.0 Å². The van der Waals surface area contributed by atoms with Crippen LogP contribution in [-0.2, 0) is 4.74 Å². The third-order valence-corrected chi connectivity index (χ3v) is 5.35. The van der Waals surface area contributed by atoms with Crippen LogP contribution >= 0.6 is 0 Å². The lowest BCUT2D eigenvalue weighted by molar-refractivity contribution is -0.151. The molecule has 3 fully saturated rings. The van der Waals surface area contributed by atoms with Gasteiger partial charge in [0.05, 0.1) is 11.7 Å². The largest absolute Gasteiger partial charge is 0.370 e. The lowest BCUT2D eigenvalue weighted by atomic mass is 9.90. The molecule has 0 bridgehead atoms. The van der Waals surface area contributed by atoms with Crippen LogP contribution in [-0.4, -0.2) is 65.3 Å². The van der Waals surface area contributed by atoms with E-state index in [1.165, 1.54) is 19.3 Å². The summed E-state index contributed by atoms with van der Waals surface area (Å²) < 4.78 is 6.07. The van der Waals surface area contributed by atoms with E-state index in [0.29, 0.717) is 12.1 Å². The van der Waals surface area contributed by atoms with Gasteiger partial charge in [-0.25, -0.2) is 0 Å². The molecule has 3 atom stereocenters. The molecule has 2 heterocycles. The number of likely N-dealkylation sites (tertiary alicyclic amines) is 1. The van der Waals surface area contributed by atoms with E-state index in [9.17, 15) is 0 Å². The fourth-order valence-corrected chi connectivity index (χ4v) is 4.44. The van der Waals surface area contributed by atoms with E-state index in [2.05, 4.69) is 37.5 Å². The maximum absolute atomic E-state index is 6.27. The molecule has 2 saturated heterocycles. The maximum Gasteiger partial charge on any atom is 0.0757 e. The van der Waals surface area contributed by atoms with Crippen molar-refractivity contribution in [3.63, 3.8) is 0 Å². The topological polar surface area (TPSA) is 41.7 Å². The molecule has 0 aromatic rings. The standard InChI is InChI=1S/C16H31N3O/c1-12-7-16(9-17,11-19(12)14-5-6-14)18-8-13(2)20-15(3,4)10-18/h12-14H,5-11,17H2,1-4H3. The van der Waals surface area contributed by atoms with Crippen molar-refractivity contribution in [3.05, 3.63) is 0 Å². The zero-order chi connectivity index (χ0) is 14.5. The van der Waals surface area contributed by atoms with Crippen molar-refractivity contribution >= 4 is 0 Å². The Balaban J connectivity index is 1.78. The first-order valence-corrected chi connectivity index (χ1v) is 8.24. The van der Waals surface area contributed by atoms with Crippen molar-refractivity contribution < 1.29 is 4.74 Å². The summed E-state index contributed by atoms with van der Waals surface area (Å²) in [5.74, 6) is 0. The fraction of sp³-hybridized carbons (Fsp3) is 1.00. The Labute approximate surface area is 123 Å². The summed E-state index contributed by atoms with van der Waals surface area (Å²) in [6.07, 6.45) is 4.28. The smallest absolute Gasteiger partial charge is 0.0757 e. The molecule has 2 N–H and O–H groups in total. The van der Waals surface area contributed by atoms with Crippen molar-refractivity contribution in [2.75, 3.05) is 26.2 Å². The van der Waals surface area contributed by atoms with Crippen molar-refractivity contribution in [2.24, 2.45) is 5.73 Å². The molecular weight excluding hydrogens is 250 g/mol. The van der Waals surface area contributed by atoms with Gasteiger partial charge in [-0.05, 0) is 47.0 Å². The predicted octanol–water partition coefficient (Wildman–Crippen LogP) is 1.44. The van der Waals surface area contributed by atoms with Gasteiger partial charge in [-0.3, -0.25) is 9.80 Å². The normalized spacial score (nSPS) is 43.0. The summed E-state index contributed by atoms with van der Waals surface area (Å²) >= 11 is 0. The summed E-state index contributed by atoms with van der Waals surface area (Å²) in [5.41, 5.74) is 6.37. The number of ether oxygens (including phenoxy) is 1. The predicted molar refractivity (Wildman–Crippen MR) is 81.8 cm³/mol. The minimum absolute atomic E-state index is 0.0594. The summed E-state index contributed by atoms with van der Waals surface area (Å²) in [4.78, 5) is 5.35. The first kappa shape index (κ1) is 14.8. The molecule has 4 nitrogen and oxygen atoms in total. The average molecular weight is 281 g/mol. The highest BCUT2D eigenvalue weighted by atomic mass is 16.5. The minimum atomic E-state index is -0.0594. The summed E-state index contributed by atoms with van der Waals surface area (Å²) in [7, 11) is 0. The summed E-state index contributed by atoms with van der Waals surface area (Å²) in [6, 6.07) is 1.51. The summed E-state index contributed by atoms with van der Waals surface area (Å²) in [5, 5.41) is 0. The van der Waals surface area contributed by atoms with Crippen LogP contribution in [0.3, 0.4) is 0 Å². The Morgan fingerprint density at radius 2 is 1.90 bits per heavy atom. The van der Waals surface area contributed by atoms with Gasteiger partial charge in [0.1, 0.15) is 0 Å². The highest BCUT2D eigenvalue weighted by molar-refractivity contribution is 5.08. The van der Waals surface area contributed by atoms with E-state index in [0.717, 1.165) is 32.2 Å². The SMILES string of the molecule is CC1CN(C2(CN)CC(C)N(C3CC3)C2)CC(C)(C)O1. The fourth-order valence-electron chi connectivity index (χ4n) is 4.44. The molecular formula is C16H31N3O. The third-order valence-electron chi connectivity index (χ3n) is 5.35. The molecule has 0 radical (unpaired) electrons. The molecule has 3 unspecified atom stereocenters. The van der Waals surface area contributed by atoms with E-state index < -0.39 is 0 Å². The monoisotopic (exact) mass is 281 g/mol. The molecule has 2 aliphatic heterocycles. The summed E-state index contributed by atoms with van der Waals surface area (Å²) in [6.45, 7) is 12.9. The van der Waals surface area contributed by atoms with E-state index in [-0.39, 0.29) is 11.1 Å². The maximum atomic E-state index is 6.27. The molecule has 4 heteroatoms. The Morgan fingerprint density at radius 3 is 2.45 bits per heavy atom. The number of nitrogens with two attached hydrogens (primary N) is 1. The van der Waals surface area contributed by atoms with E-state index >= 15 is 0 Å². The molecule has 0 amide bonds. The lowest BCUT2D eigenvalue weighted by Gasteiger charge is -2.50. The number of hydrogen-bond acceptors (Lipinski definition) is 4. The zero-order valence-electron chi connectivity index (χ0n) is 13.6. The Kier molecular flexibility index (Phi) is 3.65. The zero-order valence-corrected chi connectivity index (χ0v) is 13.6. The molecule has 0 aromatic carbocycles. The van der Waals surface area contributed by atoms with Crippen molar-refractivity contribution in [2.45, 2.75) is 76.3 Å². The van der Waals surface area contributed by atoms with Gasteiger partial charge in [-0.2, -0.15) is 0 Å². The molecule has 0 aromatic heterocycles. The average Bonchev–Trinajstić information content (AvgIpc) is 3.11. The van der Waals surface area contributed by atoms with Crippen LogP contribution in [0.5, 0.6) is 0 Å². The van der Waals surface area contributed by atoms with Crippen LogP contribution in [0.2, 0.25) is 0 Å². The molecule has 20 heavy (non-hydrogen) atoms. The van der Waals surface area contributed by atoms with Gasteiger partial charge in [0.2, 0.25) is 0 Å². The second-order valence-electron chi connectivity index (χ2n) is 7.95. The van der Waals surface area contributed by atoms with Crippen LogP contribution in [0.4, 0.5) is 0 Å². The molecule has 1 aliphatic carbocycles. The van der Waals surface area contributed by atoms with Crippen LogP contribution in [0.15, 0.2) is 0 Å². The first-order valence-electron chi connectivity index (χ1n) is 8.24. The molecule has 0 spiro atoms. The Bertz CT molecular complexity index is 369. The van der Waals surface area contributed by atoms with Crippen LogP contribution in [0.25, 0.3) is 0 Å². The highest BCUT2D eigenvalue weighted by Crippen LogP contribution is 2.41. The van der Waals surface area contributed by atoms with E-state index in [1.807, 2.05) is 0 Å².